The fraction of sp³-hybridized carbons (Fsp3) is 0.235. The predicted octanol–water partition coefficient (Wildman–Crippen LogP) is 4.33. The van der Waals surface area contributed by atoms with Gasteiger partial charge in [0.1, 0.15) is 23.6 Å². The normalized spacial score (nSPS) is 10.8. The molecule has 0 saturated heterocycles. The van der Waals surface area contributed by atoms with Crippen molar-refractivity contribution in [2.24, 2.45) is 0 Å². The van der Waals surface area contributed by atoms with Crippen molar-refractivity contribution in [1.29, 1.82) is 0 Å². The highest BCUT2D eigenvalue weighted by atomic mass is 16.5. The third-order valence-corrected chi connectivity index (χ3v) is 3.28. The van der Waals surface area contributed by atoms with Crippen LogP contribution in [0.5, 0.6) is 11.5 Å². The van der Waals surface area contributed by atoms with E-state index in [1.54, 1.807) is 13.4 Å². The molecule has 4 nitrogen and oxygen atoms in total. The smallest absolute Gasteiger partial charge is 0.230 e. The molecule has 0 atom stereocenters. The minimum absolute atomic E-state index is 0.516. The van der Waals surface area contributed by atoms with Crippen molar-refractivity contribution in [3.05, 3.63) is 42.2 Å². The van der Waals surface area contributed by atoms with E-state index in [-0.39, 0.29) is 0 Å². The first kappa shape index (κ1) is 13.5. The molecule has 0 saturated carbocycles. The van der Waals surface area contributed by atoms with Crippen LogP contribution >= 0.6 is 0 Å². The number of furan rings is 1. The van der Waals surface area contributed by atoms with Crippen LogP contribution in [0.1, 0.15) is 13.8 Å². The van der Waals surface area contributed by atoms with Gasteiger partial charge >= 0.3 is 0 Å². The van der Waals surface area contributed by atoms with Crippen molar-refractivity contribution in [2.75, 3.05) is 13.7 Å². The highest BCUT2D eigenvalue weighted by Crippen LogP contribution is 2.36. The molecule has 0 bridgehead atoms. The number of hydrogen-bond donors (Lipinski definition) is 0. The number of para-hydroxylation sites is 1. The van der Waals surface area contributed by atoms with Gasteiger partial charge in [0.15, 0.2) is 0 Å². The van der Waals surface area contributed by atoms with Crippen LogP contribution in [0.25, 0.3) is 22.0 Å². The number of fused-ring (bicyclic) bond motifs is 2. The number of benzene rings is 1. The third-order valence-electron chi connectivity index (χ3n) is 3.28. The highest BCUT2D eigenvalue weighted by Gasteiger charge is 2.14. The van der Waals surface area contributed by atoms with Crippen molar-refractivity contribution in [1.82, 2.24) is 4.98 Å². The molecule has 1 aromatic carbocycles. The Bertz CT molecular complexity index is 813. The number of rotatable bonds is 4. The standard InChI is InChI=1S/C17H17NO3/c1-11(2)7-9-20-14-6-4-5-12-15(14)18-17-13(8-10-21-17)16(12)19-3/h4-8,10H,9H2,1-3H3. The van der Waals surface area contributed by atoms with E-state index < -0.39 is 0 Å². The Morgan fingerprint density at radius 1 is 1.24 bits per heavy atom. The molecule has 2 heterocycles. The van der Waals surface area contributed by atoms with Crippen LogP contribution in [-0.2, 0) is 0 Å². The van der Waals surface area contributed by atoms with Gasteiger partial charge in [0, 0.05) is 5.39 Å². The summed E-state index contributed by atoms with van der Waals surface area (Å²) in [5.41, 5.74) is 2.52. The molecule has 0 N–H and O–H groups in total. The predicted molar refractivity (Wildman–Crippen MR) is 83.0 cm³/mol. The van der Waals surface area contributed by atoms with Gasteiger partial charge in [-0.05, 0) is 38.1 Å². The van der Waals surface area contributed by atoms with Crippen LogP contribution in [0.2, 0.25) is 0 Å². The minimum atomic E-state index is 0.516. The number of ether oxygens (including phenoxy) is 2. The summed E-state index contributed by atoms with van der Waals surface area (Å²) in [6.07, 6.45) is 3.64. The second kappa shape index (κ2) is 5.48. The maximum absolute atomic E-state index is 5.82. The number of hydrogen-bond acceptors (Lipinski definition) is 4. The van der Waals surface area contributed by atoms with Crippen LogP contribution in [0.4, 0.5) is 0 Å². The Kier molecular flexibility index (Phi) is 3.52. The molecule has 108 valence electrons. The summed E-state index contributed by atoms with van der Waals surface area (Å²) in [4.78, 5) is 4.55. The molecule has 3 aromatic rings. The van der Waals surface area contributed by atoms with E-state index in [4.69, 9.17) is 13.9 Å². The van der Waals surface area contributed by atoms with Crippen molar-refractivity contribution < 1.29 is 13.9 Å². The van der Waals surface area contributed by atoms with Gasteiger partial charge in [0.2, 0.25) is 5.71 Å². The Balaban J connectivity index is 2.15. The number of methoxy groups -OCH3 is 1. The summed E-state index contributed by atoms with van der Waals surface area (Å²) in [7, 11) is 1.65. The number of nitrogens with zero attached hydrogens (tertiary/aromatic N) is 1. The number of pyridine rings is 1. The summed E-state index contributed by atoms with van der Waals surface area (Å²) >= 11 is 0. The van der Waals surface area contributed by atoms with Gasteiger partial charge in [0.25, 0.3) is 0 Å². The summed E-state index contributed by atoms with van der Waals surface area (Å²) in [5, 5.41) is 1.78. The van der Waals surface area contributed by atoms with Crippen LogP contribution < -0.4 is 9.47 Å². The van der Waals surface area contributed by atoms with E-state index in [1.807, 2.05) is 44.2 Å². The van der Waals surface area contributed by atoms with Gasteiger partial charge in [-0.2, -0.15) is 0 Å². The highest BCUT2D eigenvalue weighted by molar-refractivity contribution is 6.01. The van der Waals surface area contributed by atoms with Crippen molar-refractivity contribution in [3.63, 3.8) is 0 Å². The molecule has 21 heavy (non-hydrogen) atoms. The molecule has 0 aliphatic rings. The SMILES string of the molecule is COc1c2ccoc2nc2c(OCC=C(C)C)cccc12. The average Bonchev–Trinajstić information content (AvgIpc) is 2.92. The zero-order valence-corrected chi connectivity index (χ0v) is 12.3. The monoisotopic (exact) mass is 283 g/mol. The fourth-order valence-corrected chi connectivity index (χ4v) is 2.26. The van der Waals surface area contributed by atoms with Gasteiger partial charge in [-0.3, -0.25) is 0 Å². The summed E-state index contributed by atoms with van der Waals surface area (Å²) in [6, 6.07) is 7.68. The Morgan fingerprint density at radius 2 is 2.10 bits per heavy atom. The van der Waals surface area contributed by atoms with E-state index >= 15 is 0 Å². The number of aromatic nitrogens is 1. The van der Waals surface area contributed by atoms with Gasteiger partial charge in [-0.25, -0.2) is 4.98 Å². The molecule has 0 amide bonds. The fourth-order valence-electron chi connectivity index (χ4n) is 2.26. The summed E-state index contributed by atoms with van der Waals surface area (Å²) in [5.74, 6) is 1.48. The average molecular weight is 283 g/mol. The minimum Gasteiger partial charge on any atom is -0.495 e. The molecule has 0 aliphatic heterocycles. The van der Waals surface area contributed by atoms with Crippen molar-refractivity contribution >= 4 is 22.0 Å². The molecular weight excluding hydrogens is 266 g/mol. The first-order chi connectivity index (χ1) is 10.2. The largest absolute Gasteiger partial charge is 0.495 e. The Labute approximate surface area is 123 Å². The van der Waals surface area contributed by atoms with Gasteiger partial charge in [-0.15, -0.1) is 0 Å². The van der Waals surface area contributed by atoms with E-state index in [0.717, 1.165) is 27.8 Å². The second-order valence-corrected chi connectivity index (χ2v) is 5.03. The number of allylic oxidation sites excluding steroid dienone is 1. The van der Waals surface area contributed by atoms with E-state index in [1.165, 1.54) is 5.57 Å². The quantitative estimate of drug-likeness (QED) is 0.668. The van der Waals surface area contributed by atoms with Crippen molar-refractivity contribution in [3.8, 4) is 11.5 Å². The maximum atomic E-state index is 5.82. The van der Waals surface area contributed by atoms with Gasteiger partial charge in [0.05, 0.1) is 18.8 Å². The van der Waals surface area contributed by atoms with E-state index in [9.17, 15) is 0 Å². The van der Waals surface area contributed by atoms with Crippen LogP contribution in [0.15, 0.2) is 46.6 Å². The second-order valence-electron chi connectivity index (χ2n) is 5.03. The molecule has 0 radical (unpaired) electrons. The maximum Gasteiger partial charge on any atom is 0.230 e. The first-order valence-corrected chi connectivity index (χ1v) is 6.81. The molecule has 0 aliphatic carbocycles. The zero-order chi connectivity index (χ0) is 14.8. The summed E-state index contributed by atoms with van der Waals surface area (Å²) < 4.78 is 16.8. The molecule has 2 aromatic heterocycles. The lowest BCUT2D eigenvalue weighted by molar-refractivity contribution is 0.365. The Morgan fingerprint density at radius 3 is 2.86 bits per heavy atom. The molecule has 4 heteroatoms. The van der Waals surface area contributed by atoms with E-state index in [0.29, 0.717) is 12.3 Å². The lowest BCUT2D eigenvalue weighted by atomic mass is 10.1. The third kappa shape index (κ3) is 2.44. The molecule has 3 rings (SSSR count). The van der Waals surface area contributed by atoms with E-state index in [2.05, 4.69) is 4.98 Å². The van der Waals surface area contributed by atoms with Gasteiger partial charge in [-0.1, -0.05) is 11.6 Å². The van der Waals surface area contributed by atoms with Crippen molar-refractivity contribution in [2.45, 2.75) is 13.8 Å². The molecular formula is C17H17NO3. The van der Waals surface area contributed by atoms with Crippen LogP contribution in [-0.4, -0.2) is 18.7 Å². The Hall–Kier alpha value is -2.49. The lowest BCUT2D eigenvalue weighted by Crippen LogP contribution is -1.97. The lowest BCUT2D eigenvalue weighted by Gasteiger charge is -2.10. The first-order valence-electron chi connectivity index (χ1n) is 6.81. The molecule has 0 fully saturated rings. The molecule has 0 spiro atoms. The van der Waals surface area contributed by atoms with Crippen LogP contribution in [0, 0.1) is 0 Å². The zero-order valence-electron chi connectivity index (χ0n) is 12.3. The molecule has 0 unspecified atom stereocenters. The van der Waals surface area contributed by atoms with Gasteiger partial charge < -0.3 is 13.9 Å². The topological polar surface area (TPSA) is 44.5 Å². The summed E-state index contributed by atoms with van der Waals surface area (Å²) in [6.45, 7) is 4.60. The van der Waals surface area contributed by atoms with Crippen LogP contribution in [0.3, 0.4) is 0 Å².